The molecule has 4 nitrogen and oxygen atoms in total. The number of carbonyl (C=O) groups is 3. The van der Waals surface area contributed by atoms with Crippen molar-refractivity contribution in [2.75, 3.05) is 0 Å². The highest BCUT2D eigenvalue weighted by molar-refractivity contribution is 6.06. The van der Waals surface area contributed by atoms with Crippen LogP contribution in [-0.4, -0.2) is 17.5 Å². The number of esters is 1. The van der Waals surface area contributed by atoms with E-state index in [4.69, 9.17) is 4.74 Å². The Hall–Kier alpha value is -1.97. The van der Waals surface area contributed by atoms with Crippen LogP contribution in [0.2, 0.25) is 0 Å². The van der Waals surface area contributed by atoms with Crippen molar-refractivity contribution in [2.24, 2.45) is 34.5 Å². The van der Waals surface area contributed by atoms with Gasteiger partial charge in [0.2, 0.25) is 5.78 Å². The minimum atomic E-state index is -0.483. The van der Waals surface area contributed by atoms with Crippen molar-refractivity contribution in [3.63, 3.8) is 0 Å². The third kappa shape index (κ3) is 2.31. The van der Waals surface area contributed by atoms with Crippen molar-refractivity contribution in [1.29, 1.82) is 0 Å². The van der Waals surface area contributed by atoms with Gasteiger partial charge in [-0.1, -0.05) is 33.4 Å². The Morgan fingerprint density at radius 2 is 1.93 bits per heavy atom. The second-order valence-corrected chi connectivity index (χ2v) is 9.30. The molecule has 0 aliphatic heterocycles. The molecule has 0 amide bonds. The maximum Gasteiger partial charge on any atom is 0.308 e. The third-order valence-corrected chi connectivity index (χ3v) is 8.08. The summed E-state index contributed by atoms with van der Waals surface area (Å²) >= 11 is 0. The summed E-state index contributed by atoms with van der Waals surface area (Å²) in [5, 5.41) is 0. The smallest absolute Gasteiger partial charge is 0.308 e. The van der Waals surface area contributed by atoms with E-state index in [9.17, 15) is 14.4 Å². The van der Waals surface area contributed by atoms with Gasteiger partial charge in [0.15, 0.2) is 5.76 Å². The number of Topliss-reactive ketones (excluding diaryl/α,β-unsaturated/α-hetero) is 1. The topological polar surface area (TPSA) is 60.4 Å². The number of carbonyl (C=O) groups excluding carboxylic acids is 3. The van der Waals surface area contributed by atoms with E-state index in [0.29, 0.717) is 30.0 Å². The highest BCUT2D eigenvalue weighted by atomic mass is 16.5. The SMILES string of the molecule is C=C1C2=C(OC(C)=O)C(=O)C=C[C@]2(C)[C@H]2CC[C@]3(C)C(=O)CC[C@H]3[C@@H]2[C@@H]1C. The first kappa shape index (κ1) is 18.4. The summed E-state index contributed by atoms with van der Waals surface area (Å²) in [6.07, 6.45) is 7.00. The van der Waals surface area contributed by atoms with Crippen molar-refractivity contribution in [2.45, 2.75) is 53.4 Å². The molecule has 4 aliphatic carbocycles. The predicted molar refractivity (Wildman–Crippen MR) is 101 cm³/mol. The van der Waals surface area contributed by atoms with Gasteiger partial charge < -0.3 is 4.74 Å². The summed E-state index contributed by atoms with van der Waals surface area (Å²) in [7, 11) is 0. The predicted octanol–water partition coefficient (Wildman–Crippen LogP) is 4.17. The van der Waals surface area contributed by atoms with E-state index < -0.39 is 5.97 Å². The summed E-state index contributed by atoms with van der Waals surface area (Å²) in [6.45, 7) is 12.1. The van der Waals surface area contributed by atoms with E-state index in [1.165, 1.54) is 6.92 Å². The molecule has 4 aliphatic rings. The first-order valence-electron chi connectivity index (χ1n) is 10.0. The molecule has 27 heavy (non-hydrogen) atoms. The van der Waals surface area contributed by atoms with Gasteiger partial charge in [-0.2, -0.15) is 0 Å². The van der Waals surface area contributed by atoms with Gasteiger partial charge in [0, 0.05) is 29.7 Å². The van der Waals surface area contributed by atoms with Crippen molar-refractivity contribution in [3.05, 3.63) is 35.6 Å². The van der Waals surface area contributed by atoms with E-state index >= 15 is 0 Å². The lowest BCUT2D eigenvalue weighted by molar-refractivity contribution is -0.140. The van der Waals surface area contributed by atoms with Crippen molar-refractivity contribution in [3.8, 4) is 0 Å². The van der Waals surface area contributed by atoms with Gasteiger partial charge in [-0.25, -0.2) is 0 Å². The molecule has 0 unspecified atom stereocenters. The number of ketones is 2. The zero-order chi connectivity index (χ0) is 19.7. The maximum absolute atomic E-state index is 12.6. The Morgan fingerprint density at radius 1 is 1.22 bits per heavy atom. The Kier molecular flexibility index (Phi) is 3.93. The van der Waals surface area contributed by atoms with Gasteiger partial charge >= 0.3 is 5.97 Å². The number of allylic oxidation sites excluding steroid dienone is 4. The molecule has 0 aromatic carbocycles. The van der Waals surface area contributed by atoms with Gasteiger partial charge in [0.25, 0.3) is 0 Å². The van der Waals surface area contributed by atoms with Crippen molar-refractivity contribution in [1.82, 2.24) is 0 Å². The molecule has 0 saturated heterocycles. The second-order valence-electron chi connectivity index (χ2n) is 9.30. The Morgan fingerprint density at radius 3 is 2.59 bits per heavy atom. The highest BCUT2D eigenvalue weighted by Crippen LogP contribution is 2.66. The lowest BCUT2D eigenvalue weighted by Gasteiger charge is -2.58. The summed E-state index contributed by atoms with van der Waals surface area (Å²) in [4.78, 5) is 36.8. The summed E-state index contributed by atoms with van der Waals surface area (Å²) in [6, 6.07) is 0. The molecule has 0 N–H and O–H groups in total. The molecule has 3 saturated carbocycles. The Balaban J connectivity index is 1.85. The molecular weight excluding hydrogens is 340 g/mol. The van der Waals surface area contributed by atoms with Crippen LogP contribution in [0.1, 0.15) is 53.4 Å². The fourth-order valence-corrected chi connectivity index (χ4v) is 6.65. The van der Waals surface area contributed by atoms with Crippen LogP contribution in [-0.2, 0) is 19.1 Å². The Labute approximate surface area is 160 Å². The molecule has 0 spiro atoms. The van der Waals surface area contributed by atoms with Crippen LogP contribution in [0, 0.1) is 34.5 Å². The van der Waals surface area contributed by atoms with Gasteiger partial charge in [-0.15, -0.1) is 0 Å². The summed E-state index contributed by atoms with van der Waals surface area (Å²) in [5.41, 5.74) is 1.07. The quantitative estimate of drug-likeness (QED) is 0.652. The molecule has 6 atom stereocenters. The van der Waals surface area contributed by atoms with E-state index in [-0.39, 0.29) is 28.3 Å². The van der Waals surface area contributed by atoms with E-state index in [2.05, 4.69) is 27.4 Å². The fraction of sp³-hybridized carbons (Fsp3) is 0.609. The number of rotatable bonds is 1. The minimum absolute atomic E-state index is 0.151. The average Bonchev–Trinajstić information content (AvgIpc) is 2.90. The summed E-state index contributed by atoms with van der Waals surface area (Å²) in [5.74, 6) is 0.990. The van der Waals surface area contributed by atoms with E-state index in [1.807, 2.05) is 6.08 Å². The molecular formula is C23H28O4. The van der Waals surface area contributed by atoms with Crippen molar-refractivity contribution >= 4 is 17.5 Å². The third-order valence-electron chi connectivity index (χ3n) is 8.08. The first-order valence-corrected chi connectivity index (χ1v) is 10.0. The molecule has 0 heterocycles. The van der Waals surface area contributed by atoms with Gasteiger partial charge in [-0.3, -0.25) is 14.4 Å². The number of fused-ring (bicyclic) bond motifs is 5. The largest absolute Gasteiger partial charge is 0.422 e. The molecule has 3 fully saturated rings. The molecule has 144 valence electrons. The zero-order valence-electron chi connectivity index (χ0n) is 16.6. The van der Waals surface area contributed by atoms with Crippen LogP contribution >= 0.6 is 0 Å². The fourth-order valence-electron chi connectivity index (χ4n) is 6.65. The van der Waals surface area contributed by atoms with Crippen LogP contribution in [0.3, 0.4) is 0 Å². The normalized spacial score (nSPS) is 43.3. The number of ether oxygens (including phenoxy) is 1. The molecule has 4 rings (SSSR count). The molecule has 0 bridgehead atoms. The monoisotopic (exact) mass is 368 g/mol. The van der Waals surface area contributed by atoms with E-state index in [0.717, 1.165) is 30.4 Å². The van der Waals surface area contributed by atoms with E-state index in [1.54, 1.807) is 6.08 Å². The second kappa shape index (κ2) is 5.76. The van der Waals surface area contributed by atoms with Crippen molar-refractivity contribution < 1.29 is 19.1 Å². The molecule has 0 radical (unpaired) electrons. The van der Waals surface area contributed by atoms with Crippen LogP contribution in [0.25, 0.3) is 0 Å². The Bertz CT molecular complexity index is 831. The minimum Gasteiger partial charge on any atom is -0.422 e. The lowest BCUT2D eigenvalue weighted by Crippen LogP contribution is -2.53. The molecule has 4 heteroatoms. The summed E-state index contributed by atoms with van der Waals surface area (Å²) < 4.78 is 5.39. The zero-order valence-corrected chi connectivity index (χ0v) is 16.6. The van der Waals surface area contributed by atoms with Gasteiger partial charge in [-0.05, 0) is 54.6 Å². The van der Waals surface area contributed by atoms with Crippen LogP contribution in [0.4, 0.5) is 0 Å². The van der Waals surface area contributed by atoms with Gasteiger partial charge in [0.05, 0.1) is 0 Å². The number of hydrogen-bond donors (Lipinski definition) is 0. The number of hydrogen-bond acceptors (Lipinski definition) is 4. The van der Waals surface area contributed by atoms with Crippen LogP contribution in [0.15, 0.2) is 35.6 Å². The van der Waals surface area contributed by atoms with Gasteiger partial charge in [0.1, 0.15) is 5.78 Å². The van der Waals surface area contributed by atoms with Crippen LogP contribution in [0.5, 0.6) is 0 Å². The standard InChI is InChI=1S/C23H28O4/c1-12-13(2)20-21(27-14(3)24)17(25)9-11-23(20,5)16-8-10-22(4)15(19(12)16)6-7-18(22)26/h9,11-12,15-16,19H,2,6-8,10H2,1,3-5H3/t12-,15+,16+,19+,22+,23-/m1/s1. The highest BCUT2D eigenvalue weighted by Gasteiger charge is 2.61. The average molecular weight is 368 g/mol. The molecule has 0 aromatic rings. The molecule has 0 aromatic heterocycles. The lowest BCUT2D eigenvalue weighted by atomic mass is 9.45. The maximum atomic E-state index is 12.6. The first-order chi connectivity index (χ1) is 12.6. The van der Waals surface area contributed by atoms with Crippen LogP contribution < -0.4 is 0 Å².